The third kappa shape index (κ3) is 5.24. The van der Waals surface area contributed by atoms with Gasteiger partial charge in [0.25, 0.3) is 5.69 Å². The molecule has 0 aliphatic carbocycles. The van der Waals surface area contributed by atoms with E-state index in [2.05, 4.69) is 19.9 Å². The van der Waals surface area contributed by atoms with Crippen LogP contribution in [0.5, 0.6) is 0 Å². The number of hydrogen-bond acceptors (Lipinski definition) is 9. The Morgan fingerprint density at radius 3 is 1.75 bits per heavy atom. The average Bonchev–Trinajstić information content (AvgIpc) is 2.76. The summed E-state index contributed by atoms with van der Waals surface area (Å²) < 4.78 is 27.0. The van der Waals surface area contributed by atoms with E-state index in [1.807, 2.05) is 0 Å². The molecule has 0 aliphatic heterocycles. The van der Waals surface area contributed by atoms with E-state index in [1.54, 1.807) is 6.07 Å². The van der Waals surface area contributed by atoms with Crippen molar-refractivity contribution in [1.29, 1.82) is 0 Å². The van der Waals surface area contributed by atoms with Crippen molar-refractivity contribution in [3.05, 3.63) is 82.7 Å². The molecule has 0 saturated carbocycles. The first-order valence-corrected chi connectivity index (χ1v) is 8.91. The van der Waals surface area contributed by atoms with E-state index in [4.69, 9.17) is 17.2 Å². The lowest BCUT2D eigenvalue weighted by Crippen LogP contribution is -1.97. The highest BCUT2D eigenvalue weighted by molar-refractivity contribution is 5.65. The molecule has 4 aromatic rings. The van der Waals surface area contributed by atoms with E-state index < -0.39 is 10.7 Å². The quantitative estimate of drug-likeness (QED) is 0.246. The highest BCUT2D eigenvalue weighted by Crippen LogP contribution is 2.26. The molecule has 0 bridgehead atoms. The van der Waals surface area contributed by atoms with Crippen LogP contribution in [0.25, 0.3) is 22.5 Å². The van der Waals surface area contributed by atoms with Gasteiger partial charge in [-0.25, -0.2) is 28.7 Å². The minimum atomic E-state index is -0.604. The van der Waals surface area contributed by atoms with Gasteiger partial charge in [0.1, 0.15) is 11.6 Å². The summed E-state index contributed by atoms with van der Waals surface area (Å²) >= 11 is 0. The Bertz CT molecular complexity index is 1290. The van der Waals surface area contributed by atoms with Gasteiger partial charge in [-0.2, -0.15) is 0 Å². The molecule has 2 heterocycles. The number of nitro benzene ring substituents is 1. The van der Waals surface area contributed by atoms with Crippen LogP contribution in [0.2, 0.25) is 0 Å². The maximum Gasteiger partial charge on any atom is 0.270 e. The zero-order valence-corrected chi connectivity index (χ0v) is 16.3. The largest absolute Gasteiger partial charge is 0.399 e. The minimum Gasteiger partial charge on any atom is -0.399 e. The number of benzene rings is 2. The van der Waals surface area contributed by atoms with Gasteiger partial charge in [-0.1, -0.05) is 0 Å². The third-order valence-corrected chi connectivity index (χ3v) is 4.05. The monoisotopic (exact) mass is 438 g/mol. The Labute approximate surface area is 179 Å². The first-order chi connectivity index (χ1) is 15.2. The molecule has 32 heavy (non-hydrogen) atoms. The Hall–Kier alpha value is -4.74. The first kappa shape index (κ1) is 22.0. The maximum absolute atomic E-state index is 13.5. The van der Waals surface area contributed by atoms with Gasteiger partial charge in [-0.05, 0) is 36.4 Å². The van der Waals surface area contributed by atoms with E-state index in [-0.39, 0.29) is 34.7 Å². The van der Waals surface area contributed by atoms with Crippen LogP contribution in [0, 0.1) is 21.7 Å². The summed E-state index contributed by atoms with van der Waals surface area (Å²) in [6.07, 6.45) is 2.83. The lowest BCUT2D eigenvalue weighted by molar-refractivity contribution is -0.384. The van der Waals surface area contributed by atoms with Crippen molar-refractivity contribution >= 4 is 23.3 Å². The Balaban J connectivity index is 0.000000182. The molecule has 0 saturated heterocycles. The van der Waals surface area contributed by atoms with Crippen LogP contribution in [0.4, 0.5) is 32.1 Å². The van der Waals surface area contributed by atoms with Gasteiger partial charge in [0.05, 0.1) is 16.3 Å². The Morgan fingerprint density at radius 1 is 0.750 bits per heavy atom. The van der Waals surface area contributed by atoms with Crippen molar-refractivity contribution in [1.82, 2.24) is 19.9 Å². The van der Waals surface area contributed by atoms with Crippen molar-refractivity contribution in [3.8, 4) is 22.5 Å². The number of nitrogens with two attached hydrogens (primary N) is 3. The van der Waals surface area contributed by atoms with Gasteiger partial charge in [0.15, 0.2) is 0 Å². The average molecular weight is 438 g/mol. The zero-order valence-electron chi connectivity index (χ0n) is 16.3. The van der Waals surface area contributed by atoms with Gasteiger partial charge in [0, 0.05) is 41.3 Å². The summed E-state index contributed by atoms with van der Waals surface area (Å²) in [6, 6.07) is 10.5. The van der Waals surface area contributed by atoms with Gasteiger partial charge < -0.3 is 17.2 Å². The van der Waals surface area contributed by atoms with Crippen LogP contribution in [-0.4, -0.2) is 24.9 Å². The molecule has 4 rings (SSSR count). The van der Waals surface area contributed by atoms with Crippen molar-refractivity contribution < 1.29 is 13.7 Å². The van der Waals surface area contributed by atoms with Crippen molar-refractivity contribution in [2.45, 2.75) is 0 Å². The number of aromatic nitrogens is 4. The molecule has 162 valence electrons. The molecule has 10 nitrogen and oxygen atoms in total. The van der Waals surface area contributed by atoms with Crippen LogP contribution in [0.1, 0.15) is 0 Å². The molecule has 2 aromatic carbocycles. The highest BCUT2D eigenvalue weighted by Gasteiger charge is 2.13. The van der Waals surface area contributed by atoms with Crippen LogP contribution in [-0.2, 0) is 0 Å². The molecule has 0 fully saturated rings. The molecule has 0 spiro atoms. The predicted molar refractivity (Wildman–Crippen MR) is 115 cm³/mol. The number of nitrogens with zero attached hydrogens (tertiary/aromatic N) is 5. The van der Waals surface area contributed by atoms with E-state index in [0.717, 1.165) is 18.2 Å². The van der Waals surface area contributed by atoms with E-state index in [1.165, 1.54) is 36.7 Å². The molecule has 6 N–H and O–H groups in total. The number of halogens is 2. The smallest absolute Gasteiger partial charge is 0.270 e. The second kappa shape index (κ2) is 9.38. The first-order valence-electron chi connectivity index (χ1n) is 8.91. The van der Waals surface area contributed by atoms with Gasteiger partial charge in [0.2, 0.25) is 11.9 Å². The molecular weight excluding hydrogens is 422 g/mol. The number of hydrogen-bond donors (Lipinski definition) is 3. The number of non-ortho nitro benzene ring substituents is 1. The minimum absolute atomic E-state index is 0.0200. The summed E-state index contributed by atoms with van der Waals surface area (Å²) in [5, 5.41) is 10.6. The fourth-order valence-electron chi connectivity index (χ4n) is 2.61. The highest BCUT2D eigenvalue weighted by atomic mass is 19.1. The topological polar surface area (TPSA) is 173 Å². The molecule has 0 unspecified atom stereocenters. The zero-order chi connectivity index (χ0) is 23.3. The molecule has 12 heteroatoms. The molecule has 0 radical (unpaired) electrons. The van der Waals surface area contributed by atoms with Crippen molar-refractivity contribution in [2.24, 2.45) is 0 Å². The summed E-state index contributed by atoms with van der Waals surface area (Å²) in [6.45, 7) is 0. The van der Waals surface area contributed by atoms with Gasteiger partial charge in [-0.3, -0.25) is 10.1 Å². The Kier molecular flexibility index (Phi) is 6.44. The fourth-order valence-corrected chi connectivity index (χ4v) is 2.61. The van der Waals surface area contributed by atoms with E-state index in [0.29, 0.717) is 16.9 Å². The third-order valence-electron chi connectivity index (χ3n) is 4.05. The number of rotatable bonds is 3. The van der Waals surface area contributed by atoms with Gasteiger partial charge >= 0.3 is 0 Å². The maximum atomic E-state index is 13.5. The standard InChI is InChI=1S/C10H7FN4O2.C10H9FN4/c11-8-2-1-6(15(16)17)5-7(8)9-3-4-13-10(12)14-9;11-8-2-1-6(12)5-7(8)9-3-4-14-10(13)15-9/h1-5H,(H2,12,13,14);1-5H,12H2,(H2,13,14,15). The van der Waals surface area contributed by atoms with E-state index in [9.17, 15) is 18.9 Å². The summed E-state index contributed by atoms with van der Waals surface area (Å²) in [4.78, 5) is 25.1. The molecular formula is C20H16F2N8O2. The van der Waals surface area contributed by atoms with E-state index >= 15 is 0 Å². The number of nitrogen functional groups attached to an aromatic ring is 3. The fraction of sp³-hybridized carbons (Fsp3) is 0. The summed E-state index contributed by atoms with van der Waals surface area (Å²) in [5.74, 6) is -0.904. The molecule has 0 aliphatic rings. The number of nitro groups is 1. The normalized spacial score (nSPS) is 10.2. The summed E-state index contributed by atoms with van der Waals surface area (Å²) in [7, 11) is 0. The second-order valence-corrected chi connectivity index (χ2v) is 6.26. The molecule has 0 atom stereocenters. The van der Waals surface area contributed by atoms with Crippen molar-refractivity contribution in [2.75, 3.05) is 17.2 Å². The molecule has 2 aromatic heterocycles. The van der Waals surface area contributed by atoms with Crippen LogP contribution < -0.4 is 17.2 Å². The Morgan fingerprint density at radius 2 is 1.25 bits per heavy atom. The molecule has 0 amide bonds. The predicted octanol–water partition coefficient (Wildman–Crippen LogP) is 3.22. The SMILES string of the molecule is Nc1ccc(F)c(-c2ccnc(N)n2)c1.Nc1nccc(-c2cc([N+](=O)[O-])ccc2F)n1. The lowest BCUT2D eigenvalue weighted by atomic mass is 10.1. The van der Waals surface area contributed by atoms with Crippen LogP contribution in [0.3, 0.4) is 0 Å². The summed E-state index contributed by atoms with van der Waals surface area (Å²) in [5.41, 5.74) is 17.6. The number of anilines is 3. The van der Waals surface area contributed by atoms with Crippen molar-refractivity contribution in [3.63, 3.8) is 0 Å². The van der Waals surface area contributed by atoms with Crippen LogP contribution >= 0.6 is 0 Å². The second-order valence-electron chi connectivity index (χ2n) is 6.26. The lowest BCUT2D eigenvalue weighted by Gasteiger charge is -2.03. The van der Waals surface area contributed by atoms with Gasteiger partial charge in [-0.15, -0.1) is 0 Å². The van der Waals surface area contributed by atoms with Crippen LogP contribution in [0.15, 0.2) is 60.9 Å².